The number of rotatable bonds is 4. The van der Waals surface area contributed by atoms with E-state index >= 15 is 0 Å². The maximum absolute atomic E-state index is 14.6. The Kier molecular flexibility index (Phi) is 4.58. The molecule has 1 saturated heterocycles. The van der Waals surface area contributed by atoms with Gasteiger partial charge in [-0.05, 0) is 31.9 Å². The third kappa shape index (κ3) is 3.14. The van der Waals surface area contributed by atoms with Crippen LogP contribution in [0, 0.1) is 11.7 Å². The number of aryl methyl sites for hydroxylation is 1. The first kappa shape index (κ1) is 17.2. The fraction of sp³-hybridized carbons (Fsp3) is 0.438. The van der Waals surface area contributed by atoms with Gasteiger partial charge in [0.05, 0.1) is 11.6 Å². The van der Waals surface area contributed by atoms with Gasteiger partial charge in [-0.15, -0.1) is 0 Å². The van der Waals surface area contributed by atoms with Crippen molar-refractivity contribution in [1.29, 1.82) is 0 Å². The van der Waals surface area contributed by atoms with Crippen LogP contribution in [-0.4, -0.2) is 40.4 Å². The van der Waals surface area contributed by atoms with Crippen molar-refractivity contribution in [2.45, 2.75) is 19.9 Å². The number of nitrogens with two attached hydrogens (primary N) is 1. The molecule has 0 aromatic carbocycles. The van der Waals surface area contributed by atoms with Gasteiger partial charge in [-0.25, -0.2) is 14.2 Å². The summed E-state index contributed by atoms with van der Waals surface area (Å²) < 4.78 is 20.6. The lowest BCUT2D eigenvalue weighted by molar-refractivity contribution is 0.144. The predicted octanol–water partition coefficient (Wildman–Crippen LogP) is 1.40. The molecule has 3 heterocycles. The topological polar surface area (TPSA) is 111 Å². The average molecular weight is 350 g/mol. The largest absolute Gasteiger partial charge is 0.511 e. The minimum absolute atomic E-state index is 0.0172. The number of ether oxygens (including phenoxy) is 1. The van der Waals surface area contributed by atoms with Crippen molar-refractivity contribution in [1.82, 2.24) is 9.55 Å². The summed E-state index contributed by atoms with van der Waals surface area (Å²) in [6.45, 7) is 4.01. The molecule has 2 aromatic heterocycles. The van der Waals surface area contributed by atoms with Gasteiger partial charge in [0.2, 0.25) is 5.43 Å². The summed E-state index contributed by atoms with van der Waals surface area (Å²) in [5, 5.41) is 8.72. The Morgan fingerprint density at radius 3 is 2.92 bits per heavy atom. The standard InChI is InChI=1S/C16H19FN4O4/c1-2-20-8-12(25-16(23)24)13(22)10-5-11(17)15(19-14(10)20)21-4-3-9(6-18)7-21/h5,8-9H,2-4,6-7,18H2,1H3,(H,23,24). The zero-order chi connectivity index (χ0) is 18.1. The molecule has 0 bridgehead atoms. The maximum atomic E-state index is 14.6. The third-order valence-corrected chi connectivity index (χ3v) is 4.41. The first-order chi connectivity index (χ1) is 11.9. The summed E-state index contributed by atoms with van der Waals surface area (Å²) in [4.78, 5) is 29.3. The lowest BCUT2D eigenvalue weighted by Crippen LogP contribution is -2.25. The molecule has 1 aliphatic heterocycles. The van der Waals surface area contributed by atoms with E-state index < -0.39 is 17.4 Å². The van der Waals surface area contributed by atoms with Crippen molar-refractivity contribution < 1.29 is 19.0 Å². The van der Waals surface area contributed by atoms with Crippen LogP contribution in [0.1, 0.15) is 13.3 Å². The summed E-state index contributed by atoms with van der Waals surface area (Å²) in [6.07, 6.45) is 0.538. The number of hydrogen-bond donors (Lipinski definition) is 2. The van der Waals surface area contributed by atoms with Crippen LogP contribution < -0.4 is 20.8 Å². The van der Waals surface area contributed by atoms with Crippen LogP contribution in [0.2, 0.25) is 0 Å². The second-order valence-corrected chi connectivity index (χ2v) is 5.98. The van der Waals surface area contributed by atoms with Crippen LogP contribution in [0.15, 0.2) is 17.1 Å². The van der Waals surface area contributed by atoms with E-state index in [4.69, 9.17) is 10.8 Å². The van der Waals surface area contributed by atoms with Crippen LogP contribution in [0.3, 0.4) is 0 Å². The summed E-state index contributed by atoms with van der Waals surface area (Å²) >= 11 is 0. The van der Waals surface area contributed by atoms with Gasteiger partial charge in [0.15, 0.2) is 17.4 Å². The molecular formula is C16H19FN4O4. The lowest BCUT2D eigenvalue weighted by atomic mass is 10.1. The number of pyridine rings is 2. The number of nitrogens with zero attached hydrogens (tertiary/aromatic N) is 3. The Morgan fingerprint density at radius 1 is 1.56 bits per heavy atom. The molecule has 0 saturated carbocycles. The molecule has 134 valence electrons. The van der Waals surface area contributed by atoms with Crippen LogP contribution >= 0.6 is 0 Å². The number of halogens is 1. The maximum Gasteiger partial charge on any atom is 0.511 e. The van der Waals surface area contributed by atoms with E-state index in [2.05, 4.69) is 9.72 Å². The molecule has 3 rings (SSSR count). The van der Waals surface area contributed by atoms with Crippen molar-refractivity contribution in [3.63, 3.8) is 0 Å². The molecule has 0 radical (unpaired) electrons. The van der Waals surface area contributed by atoms with Gasteiger partial charge in [0.25, 0.3) is 0 Å². The first-order valence-electron chi connectivity index (χ1n) is 8.04. The van der Waals surface area contributed by atoms with Crippen LogP contribution in [-0.2, 0) is 6.54 Å². The van der Waals surface area contributed by atoms with E-state index in [1.54, 1.807) is 11.5 Å². The highest BCUT2D eigenvalue weighted by Gasteiger charge is 2.26. The Hall–Kier alpha value is -2.68. The lowest BCUT2D eigenvalue weighted by Gasteiger charge is -2.19. The molecule has 1 aliphatic rings. The second kappa shape index (κ2) is 6.67. The zero-order valence-electron chi connectivity index (χ0n) is 13.7. The quantitative estimate of drug-likeness (QED) is 0.802. The van der Waals surface area contributed by atoms with Crippen LogP contribution in [0.5, 0.6) is 5.75 Å². The van der Waals surface area contributed by atoms with Gasteiger partial charge in [-0.2, -0.15) is 0 Å². The van der Waals surface area contributed by atoms with E-state index in [9.17, 15) is 14.0 Å². The molecule has 2 aromatic rings. The van der Waals surface area contributed by atoms with Crippen molar-refractivity contribution in [3.05, 3.63) is 28.3 Å². The Bertz CT molecular complexity index is 883. The summed E-state index contributed by atoms with van der Waals surface area (Å²) in [5.74, 6) is -0.536. The molecule has 1 unspecified atom stereocenters. The number of hydrogen-bond acceptors (Lipinski definition) is 6. The molecule has 9 heteroatoms. The number of aromatic nitrogens is 2. The van der Waals surface area contributed by atoms with Crippen LogP contribution in [0.25, 0.3) is 11.0 Å². The molecule has 1 atom stereocenters. The third-order valence-electron chi connectivity index (χ3n) is 4.41. The van der Waals surface area contributed by atoms with Crippen molar-refractivity contribution in [2.75, 3.05) is 24.5 Å². The molecule has 1 fully saturated rings. The highest BCUT2D eigenvalue weighted by atomic mass is 19.1. The molecule has 3 N–H and O–H groups in total. The zero-order valence-corrected chi connectivity index (χ0v) is 13.7. The van der Waals surface area contributed by atoms with E-state index in [1.165, 1.54) is 6.20 Å². The van der Waals surface area contributed by atoms with Crippen molar-refractivity contribution in [3.8, 4) is 5.75 Å². The number of carbonyl (C=O) groups is 1. The fourth-order valence-electron chi connectivity index (χ4n) is 3.10. The van der Waals surface area contributed by atoms with Gasteiger partial charge in [-0.3, -0.25) is 4.79 Å². The Labute approximate surface area is 142 Å². The Balaban J connectivity index is 2.14. The molecule has 8 nitrogen and oxygen atoms in total. The highest BCUT2D eigenvalue weighted by Crippen LogP contribution is 2.27. The van der Waals surface area contributed by atoms with Crippen LogP contribution in [0.4, 0.5) is 15.0 Å². The van der Waals surface area contributed by atoms with Gasteiger partial charge < -0.3 is 25.0 Å². The summed E-state index contributed by atoms with van der Waals surface area (Å²) in [5.41, 5.74) is 5.26. The van der Waals surface area contributed by atoms with E-state index in [0.29, 0.717) is 26.2 Å². The fourth-order valence-corrected chi connectivity index (χ4v) is 3.10. The SMILES string of the molecule is CCn1cc(OC(=O)O)c(=O)c2cc(F)c(N3CCC(CN)C3)nc21. The first-order valence-corrected chi connectivity index (χ1v) is 8.04. The van der Waals surface area contributed by atoms with E-state index in [-0.39, 0.29) is 28.5 Å². The van der Waals surface area contributed by atoms with E-state index in [0.717, 1.165) is 12.5 Å². The van der Waals surface area contributed by atoms with Gasteiger partial charge in [0, 0.05) is 19.6 Å². The average Bonchev–Trinajstić information content (AvgIpc) is 3.05. The monoisotopic (exact) mass is 350 g/mol. The molecular weight excluding hydrogens is 331 g/mol. The molecule has 0 spiro atoms. The van der Waals surface area contributed by atoms with Crippen molar-refractivity contribution in [2.24, 2.45) is 11.7 Å². The number of carboxylic acid groups (broad SMARTS) is 1. The van der Waals surface area contributed by atoms with Gasteiger partial charge >= 0.3 is 6.16 Å². The predicted molar refractivity (Wildman–Crippen MR) is 89.7 cm³/mol. The Morgan fingerprint density at radius 2 is 2.32 bits per heavy atom. The van der Waals surface area contributed by atoms with Crippen molar-refractivity contribution >= 4 is 23.0 Å². The van der Waals surface area contributed by atoms with E-state index in [1.807, 2.05) is 4.90 Å². The van der Waals surface area contributed by atoms with Gasteiger partial charge in [-0.1, -0.05) is 0 Å². The summed E-state index contributed by atoms with van der Waals surface area (Å²) in [7, 11) is 0. The molecule has 25 heavy (non-hydrogen) atoms. The minimum atomic E-state index is -1.60. The summed E-state index contributed by atoms with van der Waals surface area (Å²) in [6, 6.07) is 1.09. The number of fused-ring (bicyclic) bond motifs is 1. The smallest absolute Gasteiger partial charge is 0.449 e. The molecule has 0 aliphatic carbocycles. The molecule has 0 amide bonds. The normalized spacial score (nSPS) is 17.2. The highest BCUT2D eigenvalue weighted by molar-refractivity contribution is 5.79. The van der Waals surface area contributed by atoms with Gasteiger partial charge in [0.1, 0.15) is 5.65 Å². The minimum Gasteiger partial charge on any atom is -0.449 e. The number of anilines is 1. The second-order valence-electron chi connectivity index (χ2n) is 5.98.